The third-order valence-electron chi connectivity index (χ3n) is 2.05. The van der Waals surface area contributed by atoms with E-state index in [1.807, 2.05) is 0 Å². The molecule has 0 spiro atoms. The second-order valence-corrected chi connectivity index (χ2v) is 3.91. The van der Waals surface area contributed by atoms with Crippen LogP contribution >= 0.6 is 0 Å². The second-order valence-electron chi connectivity index (χ2n) is 3.91. The number of amides is 1. The maximum absolute atomic E-state index is 11.1. The maximum atomic E-state index is 11.1. The summed E-state index contributed by atoms with van der Waals surface area (Å²) >= 11 is 0. The highest BCUT2D eigenvalue weighted by Crippen LogP contribution is 2.23. The minimum Gasteiger partial charge on any atom is -0.397 e. The number of anilines is 2. The van der Waals surface area contributed by atoms with E-state index in [1.54, 1.807) is 18.2 Å². The van der Waals surface area contributed by atoms with E-state index in [2.05, 4.69) is 19.2 Å². The molecule has 0 heterocycles. The summed E-state index contributed by atoms with van der Waals surface area (Å²) in [6.07, 6.45) is 0. The molecule has 1 aromatic carbocycles. The van der Waals surface area contributed by atoms with E-state index in [0.29, 0.717) is 22.9 Å². The van der Waals surface area contributed by atoms with Crippen molar-refractivity contribution in [2.45, 2.75) is 13.8 Å². The van der Waals surface area contributed by atoms with E-state index in [1.165, 1.54) is 0 Å². The molecule has 4 nitrogen and oxygen atoms in total. The number of nitrogens with one attached hydrogen (secondary N) is 1. The van der Waals surface area contributed by atoms with Crippen LogP contribution in [0.15, 0.2) is 18.2 Å². The van der Waals surface area contributed by atoms with Crippen LogP contribution in [0, 0.1) is 5.92 Å². The minimum absolute atomic E-state index is 0.440. The molecule has 0 aliphatic heterocycles. The van der Waals surface area contributed by atoms with Crippen LogP contribution in [0.3, 0.4) is 0 Å². The lowest BCUT2D eigenvalue weighted by molar-refractivity contribution is 0.100. The van der Waals surface area contributed by atoms with Crippen LogP contribution < -0.4 is 16.8 Å². The predicted molar refractivity (Wildman–Crippen MR) is 62.7 cm³/mol. The molecule has 0 aliphatic rings. The number of rotatable bonds is 4. The number of hydrogen-bond acceptors (Lipinski definition) is 3. The van der Waals surface area contributed by atoms with E-state index >= 15 is 0 Å². The maximum Gasteiger partial charge on any atom is 0.250 e. The first-order valence-corrected chi connectivity index (χ1v) is 4.94. The number of benzene rings is 1. The Balaban J connectivity index is 2.97. The summed E-state index contributed by atoms with van der Waals surface area (Å²) < 4.78 is 0. The summed E-state index contributed by atoms with van der Waals surface area (Å²) in [7, 11) is 0. The van der Waals surface area contributed by atoms with Gasteiger partial charge in [0, 0.05) is 6.54 Å². The summed E-state index contributed by atoms with van der Waals surface area (Å²) in [6, 6.07) is 5.13. The summed E-state index contributed by atoms with van der Waals surface area (Å²) in [5, 5.41) is 3.14. The van der Waals surface area contributed by atoms with Gasteiger partial charge in [0.2, 0.25) is 0 Å². The van der Waals surface area contributed by atoms with Crippen LogP contribution in [-0.2, 0) is 0 Å². The average Bonchev–Trinajstić information content (AvgIpc) is 2.15. The number of carbonyl (C=O) groups is 1. The zero-order valence-corrected chi connectivity index (χ0v) is 9.08. The van der Waals surface area contributed by atoms with Gasteiger partial charge in [-0.15, -0.1) is 0 Å². The van der Waals surface area contributed by atoms with Crippen molar-refractivity contribution in [1.29, 1.82) is 0 Å². The van der Waals surface area contributed by atoms with Gasteiger partial charge in [-0.25, -0.2) is 0 Å². The molecule has 82 valence electrons. The molecule has 0 saturated heterocycles. The Labute approximate surface area is 89.6 Å². The van der Waals surface area contributed by atoms with Crippen molar-refractivity contribution in [2.24, 2.45) is 11.7 Å². The Hall–Kier alpha value is -1.71. The smallest absolute Gasteiger partial charge is 0.250 e. The highest BCUT2D eigenvalue weighted by molar-refractivity contribution is 6.01. The summed E-state index contributed by atoms with van der Waals surface area (Å²) in [6.45, 7) is 4.92. The minimum atomic E-state index is -0.464. The average molecular weight is 207 g/mol. The van der Waals surface area contributed by atoms with Crippen molar-refractivity contribution in [1.82, 2.24) is 0 Å². The largest absolute Gasteiger partial charge is 0.397 e. The molecule has 1 amide bonds. The predicted octanol–water partition coefficient (Wildman–Crippen LogP) is 1.44. The summed E-state index contributed by atoms with van der Waals surface area (Å²) in [5.41, 5.74) is 12.7. The van der Waals surface area contributed by atoms with Gasteiger partial charge < -0.3 is 16.8 Å². The topological polar surface area (TPSA) is 81.1 Å². The number of carbonyl (C=O) groups excluding carboxylic acids is 1. The molecule has 0 aliphatic carbocycles. The van der Waals surface area contributed by atoms with Crippen LogP contribution in [0.1, 0.15) is 24.2 Å². The van der Waals surface area contributed by atoms with Gasteiger partial charge in [0.05, 0.1) is 16.9 Å². The number of primary amides is 1. The zero-order chi connectivity index (χ0) is 11.4. The van der Waals surface area contributed by atoms with Gasteiger partial charge in [0.1, 0.15) is 0 Å². The molecule has 4 heteroatoms. The van der Waals surface area contributed by atoms with E-state index in [4.69, 9.17) is 11.5 Å². The Bertz CT molecular complexity index is 361. The molecular formula is C11H17N3O. The van der Waals surface area contributed by atoms with Gasteiger partial charge >= 0.3 is 0 Å². The number of para-hydroxylation sites is 1. The van der Waals surface area contributed by atoms with Crippen molar-refractivity contribution in [3.8, 4) is 0 Å². The molecule has 1 rings (SSSR count). The molecule has 0 aromatic heterocycles. The second kappa shape index (κ2) is 4.68. The Morgan fingerprint density at radius 1 is 1.47 bits per heavy atom. The number of nitrogens with two attached hydrogens (primary N) is 2. The lowest BCUT2D eigenvalue weighted by atomic mass is 10.1. The normalized spacial score (nSPS) is 10.3. The van der Waals surface area contributed by atoms with E-state index in [-0.39, 0.29) is 0 Å². The van der Waals surface area contributed by atoms with Crippen molar-refractivity contribution < 1.29 is 4.79 Å². The zero-order valence-electron chi connectivity index (χ0n) is 9.08. The van der Waals surface area contributed by atoms with E-state index < -0.39 is 5.91 Å². The van der Waals surface area contributed by atoms with Crippen LogP contribution in [0.25, 0.3) is 0 Å². The van der Waals surface area contributed by atoms with Gasteiger partial charge in [-0.05, 0) is 18.1 Å². The molecule has 0 unspecified atom stereocenters. The van der Waals surface area contributed by atoms with Gasteiger partial charge in [-0.3, -0.25) is 4.79 Å². The van der Waals surface area contributed by atoms with Crippen molar-refractivity contribution in [2.75, 3.05) is 17.6 Å². The number of hydrogen-bond donors (Lipinski definition) is 3. The monoisotopic (exact) mass is 207 g/mol. The Kier molecular flexibility index (Phi) is 3.55. The molecule has 0 radical (unpaired) electrons. The van der Waals surface area contributed by atoms with Crippen molar-refractivity contribution in [3.05, 3.63) is 23.8 Å². The third-order valence-corrected chi connectivity index (χ3v) is 2.05. The lowest BCUT2D eigenvalue weighted by Crippen LogP contribution is -2.17. The highest BCUT2D eigenvalue weighted by atomic mass is 16.1. The van der Waals surface area contributed by atoms with Crippen LogP contribution in [0.4, 0.5) is 11.4 Å². The highest BCUT2D eigenvalue weighted by Gasteiger charge is 2.10. The summed E-state index contributed by atoms with van der Waals surface area (Å²) in [5.74, 6) is 0.0129. The van der Waals surface area contributed by atoms with E-state index in [9.17, 15) is 4.79 Å². The molecule has 15 heavy (non-hydrogen) atoms. The Morgan fingerprint density at radius 3 is 2.67 bits per heavy atom. The van der Waals surface area contributed by atoms with Crippen LogP contribution in [0.2, 0.25) is 0 Å². The third kappa shape index (κ3) is 2.87. The van der Waals surface area contributed by atoms with Crippen LogP contribution in [0.5, 0.6) is 0 Å². The van der Waals surface area contributed by atoms with Gasteiger partial charge in [-0.2, -0.15) is 0 Å². The molecule has 1 aromatic rings. The fraction of sp³-hybridized carbons (Fsp3) is 0.364. The molecular weight excluding hydrogens is 190 g/mol. The summed E-state index contributed by atoms with van der Waals surface area (Å²) in [4.78, 5) is 11.1. The van der Waals surface area contributed by atoms with Crippen LogP contribution in [-0.4, -0.2) is 12.5 Å². The first kappa shape index (κ1) is 11.4. The molecule has 5 N–H and O–H groups in total. The first-order chi connectivity index (χ1) is 7.02. The van der Waals surface area contributed by atoms with Gasteiger partial charge in [-0.1, -0.05) is 19.9 Å². The molecule has 0 saturated carbocycles. The standard InChI is InChI=1S/C11H17N3O/c1-7(2)6-14-10-8(11(13)15)4-3-5-9(10)12/h3-5,7,14H,6,12H2,1-2H3,(H2,13,15). The first-order valence-electron chi connectivity index (χ1n) is 4.94. The van der Waals surface area contributed by atoms with Crippen molar-refractivity contribution in [3.63, 3.8) is 0 Å². The lowest BCUT2D eigenvalue weighted by Gasteiger charge is -2.14. The van der Waals surface area contributed by atoms with E-state index in [0.717, 1.165) is 6.54 Å². The SMILES string of the molecule is CC(C)CNc1c(N)cccc1C(N)=O. The Morgan fingerprint density at radius 2 is 2.13 bits per heavy atom. The number of nitrogen functional groups attached to an aromatic ring is 1. The van der Waals surface area contributed by atoms with Gasteiger partial charge in [0.15, 0.2) is 0 Å². The quantitative estimate of drug-likeness (QED) is 0.653. The molecule has 0 atom stereocenters. The fourth-order valence-electron chi connectivity index (χ4n) is 1.28. The molecule has 0 bridgehead atoms. The molecule has 0 fully saturated rings. The van der Waals surface area contributed by atoms with Crippen molar-refractivity contribution >= 4 is 17.3 Å². The van der Waals surface area contributed by atoms with Gasteiger partial charge in [0.25, 0.3) is 5.91 Å². The fourth-order valence-corrected chi connectivity index (χ4v) is 1.28.